The van der Waals surface area contributed by atoms with Gasteiger partial charge in [0.25, 0.3) is 0 Å². The Balaban J connectivity index is 1.97. The van der Waals surface area contributed by atoms with Crippen LogP contribution >= 0.6 is 0 Å². The maximum Gasteiger partial charge on any atom is 0.127 e. The molecule has 1 aliphatic carbocycles. The lowest BCUT2D eigenvalue weighted by molar-refractivity contribution is -0.0415. The Morgan fingerprint density at radius 2 is 2.10 bits per heavy atom. The first kappa shape index (κ1) is 13.9. The van der Waals surface area contributed by atoms with Crippen molar-refractivity contribution < 1.29 is 9.13 Å². The average Bonchev–Trinajstić information content (AvgIpc) is 2.35. The summed E-state index contributed by atoms with van der Waals surface area (Å²) in [5, 5.41) is 3.38. The fourth-order valence-electron chi connectivity index (χ4n) is 4.10. The molecule has 3 rings (SSSR count). The fraction of sp³-hybridized carbons (Fsp3) is 0.647. The minimum Gasteiger partial charge on any atom is -0.487 e. The number of benzene rings is 1. The van der Waals surface area contributed by atoms with E-state index in [-0.39, 0.29) is 17.5 Å². The SMILES string of the molecule is CNC1CC2(CCCC(C)(C)C2)Oc2cc(F)ccc21. The molecule has 0 radical (unpaired) electrons. The first-order chi connectivity index (χ1) is 9.43. The number of hydrogen-bond donors (Lipinski definition) is 1. The maximum absolute atomic E-state index is 13.5. The number of rotatable bonds is 1. The Morgan fingerprint density at radius 3 is 2.80 bits per heavy atom. The zero-order chi connectivity index (χ0) is 14.4. The first-order valence-corrected chi connectivity index (χ1v) is 7.59. The molecule has 0 amide bonds. The van der Waals surface area contributed by atoms with Gasteiger partial charge in [-0.25, -0.2) is 4.39 Å². The van der Waals surface area contributed by atoms with Crippen LogP contribution < -0.4 is 10.1 Å². The Bertz CT molecular complexity index is 514. The highest BCUT2D eigenvalue weighted by Gasteiger charge is 2.46. The second kappa shape index (κ2) is 4.73. The number of fused-ring (bicyclic) bond motifs is 1. The quantitative estimate of drug-likeness (QED) is 0.830. The molecule has 2 unspecified atom stereocenters. The van der Waals surface area contributed by atoms with Crippen LogP contribution in [-0.2, 0) is 0 Å². The van der Waals surface area contributed by atoms with E-state index in [1.165, 1.54) is 18.9 Å². The van der Waals surface area contributed by atoms with Crippen molar-refractivity contribution in [3.8, 4) is 5.75 Å². The molecule has 2 nitrogen and oxygen atoms in total. The lowest BCUT2D eigenvalue weighted by Crippen LogP contribution is -2.48. The van der Waals surface area contributed by atoms with Crippen LogP contribution in [0.1, 0.15) is 57.6 Å². The van der Waals surface area contributed by atoms with Gasteiger partial charge in [-0.15, -0.1) is 0 Å². The fourth-order valence-corrected chi connectivity index (χ4v) is 4.10. The molecule has 1 aliphatic heterocycles. The van der Waals surface area contributed by atoms with Crippen LogP contribution in [0.2, 0.25) is 0 Å². The maximum atomic E-state index is 13.5. The van der Waals surface area contributed by atoms with Crippen molar-refractivity contribution in [2.75, 3.05) is 7.05 Å². The Labute approximate surface area is 120 Å². The predicted octanol–water partition coefficient (Wildman–Crippen LogP) is 4.21. The molecule has 2 aliphatic rings. The van der Waals surface area contributed by atoms with Crippen molar-refractivity contribution in [1.82, 2.24) is 5.32 Å². The zero-order valence-corrected chi connectivity index (χ0v) is 12.6. The van der Waals surface area contributed by atoms with E-state index in [1.54, 1.807) is 6.07 Å². The molecular formula is C17H24FNO. The van der Waals surface area contributed by atoms with Gasteiger partial charge in [-0.05, 0) is 44.2 Å². The Kier molecular flexibility index (Phi) is 3.28. The molecule has 20 heavy (non-hydrogen) atoms. The Morgan fingerprint density at radius 1 is 1.30 bits per heavy atom. The standard InChI is InChI=1S/C17H24FNO/c1-16(2)7-4-8-17(11-16)10-14(19-3)13-6-5-12(18)9-15(13)20-17/h5-6,9,14,19H,4,7-8,10-11H2,1-3H3. The molecule has 1 aromatic carbocycles. The summed E-state index contributed by atoms with van der Waals surface area (Å²) in [7, 11) is 1.98. The van der Waals surface area contributed by atoms with E-state index in [2.05, 4.69) is 19.2 Å². The third kappa shape index (κ3) is 2.44. The van der Waals surface area contributed by atoms with E-state index in [0.717, 1.165) is 30.6 Å². The molecule has 0 saturated heterocycles. The highest BCUT2D eigenvalue weighted by molar-refractivity contribution is 5.39. The van der Waals surface area contributed by atoms with Crippen LogP contribution in [0.5, 0.6) is 5.75 Å². The summed E-state index contributed by atoms with van der Waals surface area (Å²) in [4.78, 5) is 0. The van der Waals surface area contributed by atoms with Crippen LogP contribution in [0.3, 0.4) is 0 Å². The summed E-state index contributed by atoms with van der Waals surface area (Å²) in [6, 6.07) is 5.18. The molecular weight excluding hydrogens is 253 g/mol. The summed E-state index contributed by atoms with van der Waals surface area (Å²) < 4.78 is 19.9. The predicted molar refractivity (Wildman–Crippen MR) is 78.4 cm³/mol. The van der Waals surface area contributed by atoms with E-state index in [4.69, 9.17) is 4.74 Å². The summed E-state index contributed by atoms with van der Waals surface area (Å²) in [6.07, 6.45) is 5.54. The highest BCUT2D eigenvalue weighted by atomic mass is 19.1. The molecule has 1 fully saturated rings. The second-order valence-electron chi connectivity index (χ2n) is 7.21. The van der Waals surface area contributed by atoms with Gasteiger partial charge in [0.1, 0.15) is 17.2 Å². The van der Waals surface area contributed by atoms with Crippen molar-refractivity contribution in [3.05, 3.63) is 29.6 Å². The van der Waals surface area contributed by atoms with Crippen molar-refractivity contribution in [2.24, 2.45) is 5.41 Å². The van der Waals surface area contributed by atoms with Crippen molar-refractivity contribution in [2.45, 2.75) is 57.6 Å². The van der Waals surface area contributed by atoms with Gasteiger partial charge in [0.05, 0.1) is 0 Å². The van der Waals surface area contributed by atoms with Crippen LogP contribution in [-0.4, -0.2) is 12.6 Å². The van der Waals surface area contributed by atoms with Gasteiger partial charge in [-0.1, -0.05) is 19.9 Å². The number of hydrogen-bond acceptors (Lipinski definition) is 2. The van der Waals surface area contributed by atoms with Gasteiger partial charge in [0, 0.05) is 24.1 Å². The number of halogens is 1. The van der Waals surface area contributed by atoms with Gasteiger partial charge < -0.3 is 10.1 Å². The van der Waals surface area contributed by atoms with Crippen LogP contribution in [0.15, 0.2) is 18.2 Å². The van der Waals surface area contributed by atoms with E-state index < -0.39 is 0 Å². The molecule has 110 valence electrons. The molecule has 1 spiro atoms. The topological polar surface area (TPSA) is 21.3 Å². The van der Waals surface area contributed by atoms with Crippen LogP contribution in [0.25, 0.3) is 0 Å². The second-order valence-corrected chi connectivity index (χ2v) is 7.21. The molecule has 0 bridgehead atoms. The molecule has 1 heterocycles. The van der Waals surface area contributed by atoms with E-state index in [0.29, 0.717) is 5.41 Å². The van der Waals surface area contributed by atoms with Crippen molar-refractivity contribution in [1.29, 1.82) is 0 Å². The highest BCUT2D eigenvalue weighted by Crippen LogP contribution is 2.50. The Hall–Kier alpha value is -1.09. The van der Waals surface area contributed by atoms with Crippen LogP contribution in [0, 0.1) is 11.2 Å². The van der Waals surface area contributed by atoms with E-state index in [1.807, 2.05) is 13.1 Å². The third-order valence-electron chi connectivity index (χ3n) is 4.89. The smallest absolute Gasteiger partial charge is 0.127 e. The van der Waals surface area contributed by atoms with Gasteiger partial charge in [-0.3, -0.25) is 0 Å². The molecule has 1 aromatic rings. The van der Waals surface area contributed by atoms with Gasteiger partial charge in [0.2, 0.25) is 0 Å². The monoisotopic (exact) mass is 277 g/mol. The number of ether oxygens (including phenoxy) is 1. The minimum atomic E-state index is -0.217. The third-order valence-corrected chi connectivity index (χ3v) is 4.89. The first-order valence-electron chi connectivity index (χ1n) is 7.59. The number of nitrogens with one attached hydrogen (secondary N) is 1. The molecule has 1 N–H and O–H groups in total. The summed E-state index contributed by atoms with van der Waals surface area (Å²) in [6.45, 7) is 4.62. The average molecular weight is 277 g/mol. The minimum absolute atomic E-state index is 0.129. The lowest BCUT2D eigenvalue weighted by atomic mass is 9.66. The van der Waals surface area contributed by atoms with E-state index >= 15 is 0 Å². The zero-order valence-electron chi connectivity index (χ0n) is 12.6. The molecule has 3 heteroatoms. The molecule has 0 aromatic heterocycles. The largest absolute Gasteiger partial charge is 0.487 e. The van der Waals surface area contributed by atoms with Gasteiger partial charge in [0.15, 0.2) is 0 Å². The summed E-state index contributed by atoms with van der Waals surface area (Å²) in [5.41, 5.74) is 1.26. The summed E-state index contributed by atoms with van der Waals surface area (Å²) in [5.74, 6) is 0.513. The lowest BCUT2D eigenvalue weighted by Gasteiger charge is -2.49. The van der Waals surface area contributed by atoms with Gasteiger partial charge >= 0.3 is 0 Å². The molecule has 2 atom stereocenters. The summed E-state index contributed by atoms with van der Waals surface area (Å²) >= 11 is 0. The van der Waals surface area contributed by atoms with E-state index in [9.17, 15) is 4.39 Å². The van der Waals surface area contributed by atoms with Crippen LogP contribution in [0.4, 0.5) is 4.39 Å². The normalized spacial score (nSPS) is 31.7. The van der Waals surface area contributed by atoms with Gasteiger partial charge in [-0.2, -0.15) is 0 Å². The molecule has 1 saturated carbocycles. The van der Waals surface area contributed by atoms with Crippen molar-refractivity contribution in [3.63, 3.8) is 0 Å². The van der Waals surface area contributed by atoms with Crippen molar-refractivity contribution >= 4 is 0 Å².